The molecule has 1 aromatic rings. The fourth-order valence-electron chi connectivity index (χ4n) is 1.10. The highest BCUT2D eigenvalue weighted by atomic mass is 35.5. The zero-order chi connectivity index (χ0) is 7.84. The van der Waals surface area contributed by atoms with Gasteiger partial charge < -0.3 is 0 Å². The normalized spacial score (nSPS) is 20.2. The van der Waals surface area contributed by atoms with E-state index < -0.39 is 0 Å². The van der Waals surface area contributed by atoms with Gasteiger partial charge >= 0.3 is 0 Å². The SMILES string of the molecule is Clc1ccc(C(Cl)C2CC2)s1. The van der Waals surface area contributed by atoms with Crippen LogP contribution in [0.1, 0.15) is 23.1 Å². The predicted octanol–water partition coefficient (Wildman–Crippen LogP) is 4.09. The summed E-state index contributed by atoms with van der Waals surface area (Å²) in [6, 6.07) is 3.95. The molecule has 0 aliphatic heterocycles. The summed E-state index contributed by atoms with van der Waals surface area (Å²) in [6.45, 7) is 0. The maximum Gasteiger partial charge on any atom is 0.0931 e. The lowest BCUT2D eigenvalue weighted by Crippen LogP contribution is -1.86. The number of rotatable bonds is 2. The Hall–Kier alpha value is 0.280. The molecule has 1 aliphatic carbocycles. The van der Waals surface area contributed by atoms with Gasteiger partial charge in [0.2, 0.25) is 0 Å². The van der Waals surface area contributed by atoms with Crippen molar-refractivity contribution in [1.82, 2.24) is 0 Å². The third-order valence-corrected chi connectivity index (χ3v) is 3.94. The Kier molecular flexibility index (Phi) is 2.13. The zero-order valence-electron chi connectivity index (χ0n) is 5.89. The molecule has 0 bridgehead atoms. The molecule has 0 amide bonds. The topological polar surface area (TPSA) is 0 Å². The summed E-state index contributed by atoms with van der Waals surface area (Å²) in [5.41, 5.74) is 0. The van der Waals surface area contributed by atoms with E-state index in [-0.39, 0.29) is 5.38 Å². The summed E-state index contributed by atoms with van der Waals surface area (Å²) in [7, 11) is 0. The number of halogens is 2. The Bertz CT molecular complexity index is 252. The highest BCUT2D eigenvalue weighted by Crippen LogP contribution is 2.47. The van der Waals surface area contributed by atoms with Crippen LogP contribution in [0.3, 0.4) is 0 Å². The van der Waals surface area contributed by atoms with Crippen LogP contribution in [0.2, 0.25) is 4.34 Å². The Balaban J connectivity index is 2.14. The molecule has 0 saturated heterocycles. The number of alkyl halides is 1. The second kappa shape index (κ2) is 2.96. The van der Waals surface area contributed by atoms with E-state index in [0.717, 1.165) is 4.34 Å². The van der Waals surface area contributed by atoms with Crippen molar-refractivity contribution in [2.24, 2.45) is 5.92 Å². The summed E-state index contributed by atoms with van der Waals surface area (Å²) < 4.78 is 0.839. The fourth-order valence-corrected chi connectivity index (χ4v) is 2.69. The largest absolute Gasteiger partial charge is 0.127 e. The molecule has 0 radical (unpaired) electrons. The lowest BCUT2D eigenvalue weighted by atomic mass is 10.2. The van der Waals surface area contributed by atoms with Crippen LogP contribution >= 0.6 is 34.5 Å². The van der Waals surface area contributed by atoms with Crippen LogP contribution in [0.25, 0.3) is 0 Å². The highest BCUT2D eigenvalue weighted by molar-refractivity contribution is 7.16. The van der Waals surface area contributed by atoms with E-state index in [0.29, 0.717) is 5.92 Å². The van der Waals surface area contributed by atoms with Crippen LogP contribution < -0.4 is 0 Å². The van der Waals surface area contributed by atoms with Gasteiger partial charge in [0.25, 0.3) is 0 Å². The Morgan fingerprint density at radius 1 is 1.45 bits per heavy atom. The molecule has 2 rings (SSSR count). The smallest absolute Gasteiger partial charge is 0.0931 e. The maximum atomic E-state index is 6.17. The van der Waals surface area contributed by atoms with Gasteiger partial charge in [0.1, 0.15) is 0 Å². The highest BCUT2D eigenvalue weighted by Gasteiger charge is 2.31. The Labute approximate surface area is 80.1 Å². The van der Waals surface area contributed by atoms with E-state index in [9.17, 15) is 0 Å². The van der Waals surface area contributed by atoms with E-state index in [1.54, 1.807) is 11.3 Å². The zero-order valence-corrected chi connectivity index (χ0v) is 8.22. The van der Waals surface area contributed by atoms with E-state index in [2.05, 4.69) is 0 Å². The van der Waals surface area contributed by atoms with Crippen molar-refractivity contribution in [2.75, 3.05) is 0 Å². The average Bonchev–Trinajstić information content (AvgIpc) is 2.74. The molecule has 1 unspecified atom stereocenters. The Morgan fingerprint density at radius 2 is 2.18 bits per heavy atom. The first-order valence-corrected chi connectivity index (χ1v) is 5.30. The van der Waals surface area contributed by atoms with E-state index in [1.165, 1.54) is 17.7 Å². The predicted molar refractivity (Wildman–Crippen MR) is 50.6 cm³/mol. The third kappa shape index (κ3) is 1.71. The van der Waals surface area contributed by atoms with Crippen LogP contribution in [-0.2, 0) is 0 Å². The van der Waals surface area contributed by atoms with Crippen molar-refractivity contribution < 1.29 is 0 Å². The molecule has 0 spiro atoms. The second-order valence-corrected chi connectivity index (χ2v) is 5.10. The first-order chi connectivity index (χ1) is 5.27. The fraction of sp³-hybridized carbons (Fsp3) is 0.500. The monoisotopic (exact) mass is 206 g/mol. The van der Waals surface area contributed by atoms with Crippen LogP contribution in [-0.4, -0.2) is 0 Å². The molecule has 0 aromatic carbocycles. The van der Waals surface area contributed by atoms with Gasteiger partial charge in [0, 0.05) is 4.88 Å². The maximum absolute atomic E-state index is 6.17. The molecule has 1 aromatic heterocycles. The molecule has 1 saturated carbocycles. The van der Waals surface area contributed by atoms with Gasteiger partial charge in [-0.1, -0.05) is 11.6 Å². The van der Waals surface area contributed by atoms with Crippen molar-refractivity contribution >= 4 is 34.5 Å². The molecule has 1 fully saturated rings. The van der Waals surface area contributed by atoms with Gasteiger partial charge in [-0.25, -0.2) is 0 Å². The van der Waals surface area contributed by atoms with E-state index >= 15 is 0 Å². The third-order valence-electron chi connectivity index (χ3n) is 1.90. The summed E-state index contributed by atoms with van der Waals surface area (Å²) in [5, 5.41) is 0.215. The van der Waals surface area contributed by atoms with E-state index in [4.69, 9.17) is 23.2 Å². The van der Waals surface area contributed by atoms with Crippen molar-refractivity contribution in [3.63, 3.8) is 0 Å². The minimum atomic E-state index is 0.215. The lowest BCUT2D eigenvalue weighted by molar-refractivity contribution is 0.811. The molecular weight excluding hydrogens is 199 g/mol. The minimum absolute atomic E-state index is 0.215. The average molecular weight is 207 g/mol. The van der Waals surface area contributed by atoms with Crippen LogP contribution in [0, 0.1) is 5.92 Å². The molecule has 0 nitrogen and oxygen atoms in total. The van der Waals surface area contributed by atoms with Gasteiger partial charge in [-0.2, -0.15) is 0 Å². The molecule has 1 atom stereocenters. The number of hydrogen-bond acceptors (Lipinski definition) is 1. The minimum Gasteiger partial charge on any atom is -0.127 e. The standard InChI is InChI=1S/C8H8Cl2S/c9-7-4-3-6(11-7)8(10)5-1-2-5/h3-5,8H,1-2H2. The summed E-state index contributed by atoms with van der Waals surface area (Å²) in [6.07, 6.45) is 2.56. The van der Waals surface area contributed by atoms with Gasteiger partial charge in [-0.3, -0.25) is 0 Å². The van der Waals surface area contributed by atoms with Gasteiger partial charge in [-0.15, -0.1) is 22.9 Å². The number of hydrogen-bond donors (Lipinski definition) is 0. The van der Waals surface area contributed by atoms with Crippen molar-refractivity contribution in [3.05, 3.63) is 21.3 Å². The molecule has 0 N–H and O–H groups in total. The molecule has 11 heavy (non-hydrogen) atoms. The molecule has 1 aliphatic rings. The van der Waals surface area contributed by atoms with Gasteiger partial charge in [-0.05, 0) is 30.9 Å². The van der Waals surface area contributed by atoms with Crippen molar-refractivity contribution in [2.45, 2.75) is 18.2 Å². The van der Waals surface area contributed by atoms with Gasteiger partial charge in [0.05, 0.1) is 9.71 Å². The van der Waals surface area contributed by atoms with Crippen molar-refractivity contribution in [1.29, 1.82) is 0 Å². The Morgan fingerprint density at radius 3 is 2.64 bits per heavy atom. The first kappa shape index (κ1) is 7.90. The first-order valence-electron chi connectivity index (χ1n) is 3.66. The molecule has 1 heterocycles. The quantitative estimate of drug-likeness (QED) is 0.640. The summed E-state index contributed by atoms with van der Waals surface area (Å²) >= 11 is 13.6. The lowest BCUT2D eigenvalue weighted by Gasteiger charge is -2.02. The summed E-state index contributed by atoms with van der Waals surface area (Å²) in [4.78, 5) is 1.22. The van der Waals surface area contributed by atoms with Crippen LogP contribution in [0.5, 0.6) is 0 Å². The number of thiophene rings is 1. The van der Waals surface area contributed by atoms with Crippen LogP contribution in [0.4, 0.5) is 0 Å². The van der Waals surface area contributed by atoms with Crippen LogP contribution in [0.15, 0.2) is 12.1 Å². The summed E-state index contributed by atoms with van der Waals surface area (Å²) in [5.74, 6) is 0.714. The van der Waals surface area contributed by atoms with Crippen molar-refractivity contribution in [3.8, 4) is 0 Å². The molecule has 3 heteroatoms. The molecule has 60 valence electrons. The van der Waals surface area contributed by atoms with Gasteiger partial charge in [0.15, 0.2) is 0 Å². The molecular formula is C8H8Cl2S. The van der Waals surface area contributed by atoms with E-state index in [1.807, 2.05) is 12.1 Å². The second-order valence-electron chi connectivity index (χ2n) is 2.88.